The molecule has 1 aromatic carbocycles. The summed E-state index contributed by atoms with van der Waals surface area (Å²) in [5.74, 6) is -0.0824. The van der Waals surface area contributed by atoms with Crippen molar-refractivity contribution in [1.29, 1.82) is 0 Å². The second-order valence-electron chi connectivity index (χ2n) is 4.26. The highest BCUT2D eigenvalue weighted by Crippen LogP contribution is 2.31. The highest BCUT2D eigenvalue weighted by Gasteiger charge is 2.17. The van der Waals surface area contributed by atoms with Crippen LogP contribution in [0.4, 0.5) is 0 Å². The summed E-state index contributed by atoms with van der Waals surface area (Å²) in [6.45, 7) is 2.55. The summed E-state index contributed by atoms with van der Waals surface area (Å²) in [6, 6.07) is 7.55. The van der Waals surface area contributed by atoms with E-state index in [0.29, 0.717) is 16.8 Å². The Kier molecular flexibility index (Phi) is 4.44. The van der Waals surface area contributed by atoms with Crippen LogP contribution in [0.5, 0.6) is 5.75 Å². The van der Waals surface area contributed by atoms with Crippen LogP contribution < -0.4 is 4.74 Å². The number of carbonyl (C=O) groups is 1. The van der Waals surface area contributed by atoms with E-state index in [1.165, 1.54) is 0 Å². The van der Waals surface area contributed by atoms with Crippen molar-refractivity contribution in [3.63, 3.8) is 0 Å². The first-order valence-electron chi connectivity index (χ1n) is 6.19. The minimum atomic E-state index is -0.882. The fourth-order valence-corrected chi connectivity index (χ4v) is 2.63. The lowest BCUT2D eigenvalue weighted by Crippen LogP contribution is -2.06. The van der Waals surface area contributed by atoms with Crippen LogP contribution >= 0.6 is 15.9 Å². The molecule has 0 amide bonds. The van der Waals surface area contributed by atoms with Crippen molar-refractivity contribution in [1.82, 2.24) is 9.78 Å². The number of carboxylic acid groups (broad SMARTS) is 1. The van der Waals surface area contributed by atoms with Crippen LogP contribution in [-0.4, -0.2) is 27.5 Å². The third kappa shape index (κ3) is 3.01. The molecule has 1 N–H and O–H groups in total. The van der Waals surface area contributed by atoms with Gasteiger partial charge in [-0.2, -0.15) is 5.10 Å². The predicted molar refractivity (Wildman–Crippen MR) is 78.9 cm³/mol. The molecule has 1 heterocycles. The van der Waals surface area contributed by atoms with Crippen molar-refractivity contribution < 1.29 is 14.6 Å². The van der Waals surface area contributed by atoms with E-state index in [0.717, 1.165) is 17.0 Å². The molecule has 0 saturated heterocycles. The molecule has 106 valence electrons. The predicted octanol–water partition coefficient (Wildman–Crippen LogP) is 2.88. The Hall–Kier alpha value is -1.82. The average Bonchev–Trinajstić information content (AvgIpc) is 2.68. The fraction of sp³-hybridized carbons (Fsp3) is 0.286. The number of aryl methyl sites for hydroxylation is 1. The highest BCUT2D eigenvalue weighted by molar-refractivity contribution is 9.10. The number of ether oxygens (including phenoxy) is 1. The second kappa shape index (κ2) is 6.09. The molecule has 1 aromatic heterocycles. The average molecular weight is 339 g/mol. The summed E-state index contributed by atoms with van der Waals surface area (Å²) >= 11 is 3.44. The van der Waals surface area contributed by atoms with E-state index in [2.05, 4.69) is 21.0 Å². The van der Waals surface area contributed by atoms with Crippen LogP contribution in [0.15, 0.2) is 28.7 Å². The van der Waals surface area contributed by atoms with Crippen LogP contribution in [0, 0.1) is 0 Å². The van der Waals surface area contributed by atoms with Gasteiger partial charge in [0.2, 0.25) is 0 Å². The van der Waals surface area contributed by atoms with E-state index in [1.54, 1.807) is 11.7 Å². The quantitative estimate of drug-likeness (QED) is 0.910. The van der Waals surface area contributed by atoms with Gasteiger partial charge in [0.05, 0.1) is 23.2 Å². The molecular formula is C14H15BrN2O3. The zero-order valence-electron chi connectivity index (χ0n) is 11.3. The molecular weight excluding hydrogens is 324 g/mol. The van der Waals surface area contributed by atoms with E-state index in [9.17, 15) is 4.79 Å². The SMILES string of the molecule is CCOc1ccc(-c2nn(C)c(CC(=O)O)c2Br)cc1. The van der Waals surface area contributed by atoms with Gasteiger partial charge in [-0.25, -0.2) is 0 Å². The number of rotatable bonds is 5. The van der Waals surface area contributed by atoms with E-state index in [1.807, 2.05) is 31.2 Å². The third-order valence-electron chi connectivity index (χ3n) is 2.86. The first-order chi connectivity index (χ1) is 9.52. The summed E-state index contributed by atoms with van der Waals surface area (Å²) in [4.78, 5) is 10.9. The van der Waals surface area contributed by atoms with Gasteiger partial charge in [0, 0.05) is 12.6 Å². The highest BCUT2D eigenvalue weighted by atomic mass is 79.9. The number of aliphatic carboxylic acids is 1. The monoisotopic (exact) mass is 338 g/mol. The third-order valence-corrected chi connectivity index (χ3v) is 3.69. The summed E-state index contributed by atoms with van der Waals surface area (Å²) in [7, 11) is 1.74. The number of aromatic nitrogens is 2. The van der Waals surface area contributed by atoms with E-state index in [-0.39, 0.29) is 6.42 Å². The first kappa shape index (κ1) is 14.6. The number of benzene rings is 1. The molecule has 6 heteroatoms. The lowest BCUT2D eigenvalue weighted by molar-refractivity contribution is -0.136. The molecule has 0 fully saturated rings. The Bertz CT molecular complexity index is 620. The summed E-state index contributed by atoms with van der Waals surface area (Å²) in [6.07, 6.45) is -0.0683. The van der Waals surface area contributed by atoms with Gasteiger partial charge in [0.1, 0.15) is 11.4 Å². The number of carboxylic acids is 1. The van der Waals surface area contributed by atoms with Gasteiger partial charge < -0.3 is 9.84 Å². The van der Waals surface area contributed by atoms with Crippen molar-refractivity contribution in [2.45, 2.75) is 13.3 Å². The van der Waals surface area contributed by atoms with Crippen molar-refractivity contribution in [2.75, 3.05) is 6.61 Å². The van der Waals surface area contributed by atoms with Gasteiger partial charge in [-0.1, -0.05) is 0 Å². The maximum Gasteiger partial charge on any atom is 0.309 e. The van der Waals surface area contributed by atoms with Crippen molar-refractivity contribution in [3.8, 4) is 17.0 Å². The molecule has 2 rings (SSSR count). The Labute approximate surface area is 125 Å². The maximum absolute atomic E-state index is 10.9. The summed E-state index contributed by atoms with van der Waals surface area (Å²) < 4.78 is 7.70. The number of nitrogens with zero attached hydrogens (tertiary/aromatic N) is 2. The van der Waals surface area contributed by atoms with Gasteiger partial charge in [0.15, 0.2) is 0 Å². The molecule has 0 unspecified atom stereocenters. The first-order valence-corrected chi connectivity index (χ1v) is 6.98. The molecule has 0 atom stereocenters. The van der Waals surface area contributed by atoms with E-state index < -0.39 is 5.97 Å². The van der Waals surface area contributed by atoms with Gasteiger partial charge in [-0.15, -0.1) is 0 Å². The number of hydrogen-bond acceptors (Lipinski definition) is 3. The lowest BCUT2D eigenvalue weighted by Gasteiger charge is -2.03. The Morgan fingerprint density at radius 3 is 2.60 bits per heavy atom. The summed E-state index contributed by atoms with van der Waals surface area (Å²) in [5.41, 5.74) is 2.28. The lowest BCUT2D eigenvalue weighted by atomic mass is 10.1. The van der Waals surface area contributed by atoms with Crippen LogP contribution in [0.3, 0.4) is 0 Å². The summed E-state index contributed by atoms with van der Waals surface area (Å²) in [5, 5.41) is 13.3. The minimum absolute atomic E-state index is 0.0683. The minimum Gasteiger partial charge on any atom is -0.494 e. The van der Waals surface area contributed by atoms with Gasteiger partial charge in [-0.05, 0) is 47.1 Å². The van der Waals surface area contributed by atoms with Crippen LogP contribution in [0.25, 0.3) is 11.3 Å². The van der Waals surface area contributed by atoms with Crippen molar-refractivity contribution in [3.05, 3.63) is 34.4 Å². The Balaban J connectivity index is 2.35. The Morgan fingerprint density at radius 2 is 2.05 bits per heavy atom. The molecule has 2 aromatic rings. The Morgan fingerprint density at radius 1 is 1.40 bits per heavy atom. The fourth-order valence-electron chi connectivity index (χ4n) is 1.93. The topological polar surface area (TPSA) is 64.4 Å². The molecule has 0 aliphatic carbocycles. The van der Waals surface area contributed by atoms with E-state index in [4.69, 9.17) is 9.84 Å². The van der Waals surface area contributed by atoms with Crippen molar-refractivity contribution in [2.24, 2.45) is 7.05 Å². The molecule has 0 spiro atoms. The molecule has 0 radical (unpaired) electrons. The zero-order valence-corrected chi connectivity index (χ0v) is 12.8. The van der Waals surface area contributed by atoms with E-state index >= 15 is 0 Å². The standard InChI is InChI=1S/C14H15BrN2O3/c1-3-20-10-6-4-9(5-7-10)14-13(15)11(8-12(18)19)17(2)16-14/h4-7H,3,8H2,1-2H3,(H,18,19). The van der Waals surface area contributed by atoms with Crippen LogP contribution in [0.2, 0.25) is 0 Å². The smallest absolute Gasteiger partial charge is 0.309 e. The van der Waals surface area contributed by atoms with Gasteiger partial charge >= 0.3 is 5.97 Å². The molecule has 0 aliphatic heterocycles. The normalized spacial score (nSPS) is 10.6. The van der Waals surface area contributed by atoms with Crippen LogP contribution in [-0.2, 0) is 18.3 Å². The molecule has 0 saturated carbocycles. The second-order valence-corrected chi connectivity index (χ2v) is 5.05. The number of hydrogen-bond donors (Lipinski definition) is 1. The largest absolute Gasteiger partial charge is 0.494 e. The molecule has 0 bridgehead atoms. The van der Waals surface area contributed by atoms with Crippen LogP contribution in [0.1, 0.15) is 12.6 Å². The van der Waals surface area contributed by atoms with Gasteiger partial charge in [-0.3, -0.25) is 9.48 Å². The maximum atomic E-state index is 10.9. The van der Waals surface area contributed by atoms with Gasteiger partial charge in [0.25, 0.3) is 0 Å². The molecule has 0 aliphatic rings. The molecule has 5 nitrogen and oxygen atoms in total. The van der Waals surface area contributed by atoms with Crippen molar-refractivity contribution >= 4 is 21.9 Å². The molecule has 20 heavy (non-hydrogen) atoms. The number of halogens is 1. The zero-order chi connectivity index (χ0) is 14.7.